The lowest BCUT2D eigenvalue weighted by Gasteiger charge is -2.27. The fourth-order valence-corrected chi connectivity index (χ4v) is 3.69. The molecule has 1 aromatic heterocycles. The maximum atomic E-state index is 14.2. The number of hydrogen-bond acceptors (Lipinski definition) is 4. The summed E-state index contributed by atoms with van der Waals surface area (Å²) in [5, 5.41) is 8.89. The van der Waals surface area contributed by atoms with Gasteiger partial charge in [-0.3, -0.25) is 4.79 Å². The van der Waals surface area contributed by atoms with Crippen molar-refractivity contribution in [2.45, 2.75) is 51.0 Å². The van der Waals surface area contributed by atoms with Crippen LogP contribution in [0.25, 0.3) is 11.1 Å². The van der Waals surface area contributed by atoms with Crippen molar-refractivity contribution in [3.05, 3.63) is 77.2 Å². The van der Waals surface area contributed by atoms with E-state index in [1.165, 1.54) is 26.4 Å². The molecule has 2 aliphatic rings. The zero-order valence-electron chi connectivity index (χ0n) is 18.7. The summed E-state index contributed by atoms with van der Waals surface area (Å²) in [6.07, 6.45) is 7.87. The van der Waals surface area contributed by atoms with Crippen molar-refractivity contribution in [3.8, 4) is 22.8 Å². The second kappa shape index (κ2) is 10.5. The Balaban J connectivity index is 0.000000799. The molecular formula is C27H28FNO4. The van der Waals surface area contributed by atoms with Crippen LogP contribution in [-0.4, -0.2) is 23.2 Å². The van der Waals surface area contributed by atoms with Gasteiger partial charge < -0.3 is 14.6 Å². The number of aryl methyl sites for hydroxylation is 2. The first-order chi connectivity index (χ1) is 16.0. The van der Waals surface area contributed by atoms with Crippen molar-refractivity contribution in [2.75, 3.05) is 7.11 Å². The zero-order valence-corrected chi connectivity index (χ0v) is 18.7. The van der Waals surface area contributed by atoms with Crippen molar-refractivity contribution >= 4 is 5.97 Å². The van der Waals surface area contributed by atoms with Crippen LogP contribution >= 0.6 is 0 Å². The SMILES string of the molecule is C1CC1.COc1cc(-c2ccc(C3CCc4ccc(CCC(=O)O)cc4O3)cc2)c(F)cn1. The maximum absolute atomic E-state index is 14.2. The van der Waals surface area contributed by atoms with E-state index in [1.807, 2.05) is 42.5 Å². The van der Waals surface area contributed by atoms with E-state index >= 15 is 0 Å². The molecule has 5 nitrogen and oxygen atoms in total. The number of benzene rings is 2. The summed E-state index contributed by atoms with van der Waals surface area (Å²) in [6.45, 7) is 0. The van der Waals surface area contributed by atoms with Crippen LogP contribution < -0.4 is 9.47 Å². The van der Waals surface area contributed by atoms with Crippen molar-refractivity contribution in [3.63, 3.8) is 0 Å². The van der Waals surface area contributed by atoms with Crippen LogP contribution in [0.2, 0.25) is 0 Å². The van der Waals surface area contributed by atoms with Crippen LogP contribution in [0.4, 0.5) is 4.39 Å². The number of nitrogens with zero attached hydrogens (tertiary/aromatic N) is 1. The predicted octanol–water partition coefficient (Wildman–Crippen LogP) is 6.15. The molecule has 0 spiro atoms. The lowest BCUT2D eigenvalue weighted by molar-refractivity contribution is -0.136. The van der Waals surface area contributed by atoms with E-state index in [9.17, 15) is 9.18 Å². The average Bonchev–Trinajstić information content (AvgIpc) is 3.72. The van der Waals surface area contributed by atoms with Gasteiger partial charge in [0.1, 0.15) is 17.7 Å². The van der Waals surface area contributed by atoms with Crippen LogP contribution in [0.5, 0.6) is 11.6 Å². The molecule has 1 atom stereocenters. The highest BCUT2D eigenvalue weighted by molar-refractivity contribution is 5.67. The van der Waals surface area contributed by atoms with E-state index in [0.29, 0.717) is 17.9 Å². The van der Waals surface area contributed by atoms with Crippen LogP contribution in [0, 0.1) is 5.82 Å². The Morgan fingerprint density at radius 1 is 1.15 bits per heavy atom. The van der Waals surface area contributed by atoms with E-state index in [0.717, 1.165) is 47.0 Å². The molecule has 1 aliphatic heterocycles. The first-order valence-corrected chi connectivity index (χ1v) is 11.3. The quantitative estimate of drug-likeness (QED) is 0.489. The average molecular weight is 450 g/mol. The highest BCUT2D eigenvalue weighted by atomic mass is 19.1. The largest absolute Gasteiger partial charge is 0.485 e. The molecule has 1 unspecified atom stereocenters. The molecular weight excluding hydrogens is 421 g/mol. The number of fused-ring (bicyclic) bond motifs is 1. The number of ether oxygens (including phenoxy) is 2. The lowest BCUT2D eigenvalue weighted by Crippen LogP contribution is -2.15. The Bertz CT molecular complexity index is 1110. The normalized spacial score (nSPS) is 16.0. The summed E-state index contributed by atoms with van der Waals surface area (Å²) in [6, 6.07) is 15.2. The number of carboxylic acid groups (broad SMARTS) is 1. The summed E-state index contributed by atoms with van der Waals surface area (Å²) in [5.41, 5.74) is 4.28. The number of aromatic nitrogens is 1. The van der Waals surface area contributed by atoms with Crippen molar-refractivity contribution in [1.29, 1.82) is 0 Å². The third kappa shape index (κ3) is 6.09. The number of hydrogen-bond donors (Lipinski definition) is 1. The Morgan fingerprint density at radius 3 is 2.58 bits per heavy atom. The summed E-state index contributed by atoms with van der Waals surface area (Å²) >= 11 is 0. The minimum absolute atomic E-state index is 0.0973. The van der Waals surface area contributed by atoms with E-state index in [-0.39, 0.29) is 12.5 Å². The van der Waals surface area contributed by atoms with Gasteiger partial charge in [0.25, 0.3) is 0 Å². The summed E-state index contributed by atoms with van der Waals surface area (Å²) < 4.78 is 25.5. The second-order valence-corrected chi connectivity index (χ2v) is 8.37. The number of rotatable bonds is 6. The molecule has 1 fully saturated rings. The molecule has 3 aromatic rings. The fourth-order valence-electron chi connectivity index (χ4n) is 3.69. The predicted molar refractivity (Wildman–Crippen MR) is 124 cm³/mol. The molecule has 0 amide bonds. The van der Waals surface area contributed by atoms with E-state index in [4.69, 9.17) is 14.6 Å². The summed E-state index contributed by atoms with van der Waals surface area (Å²) in [5.74, 6) is -0.0420. The highest BCUT2D eigenvalue weighted by Crippen LogP contribution is 2.36. The lowest BCUT2D eigenvalue weighted by atomic mass is 9.94. The molecule has 5 rings (SSSR count). The molecule has 1 N–H and O–H groups in total. The fraction of sp³-hybridized carbons (Fsp3) is 0.333. The van der Waals surface area contributed by atoms with Crippen LogP contribution in [0.3, 0.4) is 0 Å². The molecule has 0 saturated heterocycles. The Hall–Kier alpha value is -3.41. The molecule has 0 bridgehead atoms. The Labute approximate surface area is 193 Å². The van der Waals surface area contributed by atoms with Gasteiger partial charge in [0, 0.05) is 18.1 Å². The van der Waals surface area contributed by atoms with E-state index < -0.39 is 11.8 Å². The standard InChI is InChI=1S/C24H22FNO4.C3H6/c1-29-23-13-19(20(25)14-26-23)16-5-7-17(8-6-16)21-10-9-18-4-2-15(3-11-24(27)28)12-22(18)30-21;1-2-3-1/h2,4-8,12-14,21H,3,9-11H2,1H3,(H,27,28);1-3H2. The number of halogens is 1. The third-order valence-electron chi connectivity index (χ3n) is 5.69. The molecule has 33 heavy (non-hydrogen) atoms. The molecule has 0 radical (unpaired) electrons. The summed E-state index contributed by atoms with van der Waals surface area (Å²) in [4.78, 5) is 14.7. The molecule has 2 aromatic carbocycles. The first-order valence-electron chi connectivity index (χ1n) is 11.3. The van der Waals surface area contributed by atoms with Crippen molar-refractivity contribution < 1.29 is 23.8 Å². The number of carboxylic acids is 1. The van der Waals surface area contributed by atoms with Gasteiger partial charge in [-0.1, -0.05) is 55.7 Å². The van der Waals surface area contributed by atoms with Gasteiger partial charge in [-0.2, -0.15) is 0 Å². The van der Waals surface area contributed by atoms with Gasteiger partial charge in [-0.25, -0.2) is 9.37 Å². The smallest absolute Gasteiger partial charge is 0.303 e. The third-order valence-corrected chi connectivity index (χ3v) is 5.69. The minimum Gasteiger partial charge on any atom is -0.485 e. The van der Waals surface area contributed by atoms with Crippen LogP contribution in [0.15, 0.2) is 54.7 Å². The molecule has 2 heterocycles. The first kappa shape index (κ1) is 22.8. The molecule has 172 valence electrons. The second-order valence-electron chi connectivity index (χ2n) is 8.37. The van der Waals surface area contributed by atoms with Gasteiger partial charge in [0.15, 0.2) is 0 Å². The number of pyridine rings is 1. The highest BCUT2D eigenvalue weighted by Gasteiger charge is 2.22. The zero-order chi connectivity index (χ0) is 23.2. The number of aliphatic carboxylic acids is 1. The van der Waals surface area contributed by atoms with Crippen molar-refractivity contribution in [2.24, 2.45) is 0 Å². The number of methoxy groups -OCH3 is 1. The van der Waals surface area contributed by atoms with Gasteiger partial charge in [0.05, 0.1) is 13.3 Å². The van der Waals surface area contributed by atoms with E-state index in [2.05, 4.69) is 4.98 Å². The molecule has 1 aliphatic carbocycles. The molecule has 1 saturated carbocycles. The minimum atomic E-state index is -0.810. The molecule has 6 heteroatoms. The Kier molecular flexibility index (Phi) is 7.23. The number of carbonyl (C=O) groups is 1. The van der Waals surface area contributed by atoms with Gasteiger partial charge >= 0.3 is 5.97 Å². The van der Waals surface area contributed by atoms with E-state index in [1.54, 1.807) is 6.07 Å². The topological polar surface area (TPSA) is 68.7 Å². The van der Waals surface area contributed by atoms with Crippen LogP contribution in [0.1, 0.15) is 54.9 Å². The maximum Gasteiger partial charge on any atom is 0.303 e. The van der Waals surface area contributed by atoms with Gasteiger partial charge in [0.2, 0.25) is 5.88 Å². The summed E-state index contributed by atoms with van der Waals surface area (Å²) in [7, 11) is 1.50. The van der Waals surface area contributed by atoms with Crippen molar-refractivity contribution in [1.82, 2.24) is 4.98 Å². The van der Waals surface area contributed by atoms with Gasteiger partial charge in [-0.15, -0.1) is 0 Å². The van der Waals surface area contributed by atoms with Gasteiger partial charge in [-0.05, 0) is 47.6 Å². The van der Waals surface area contributed by atoms with Crippen LogP contribution in [-0.2, 0) is 17.6 Å². The Morgan fingerprint density at radius 2 is 1.91 bits per heavy atom. The monoisotopic (exact) mass is 449 g/mol.